The number of carbonyl (C=O) groups is 2. The van der Waals surface area contributed by atoms with Crippen LogP contribution in [0, 0.1) is 3.57 Å². The molecule has 0 bridgehead atoms. The van der Waals surface area contributed by atoms with Gasteiger partial charge < -0.3 is 24.2 Å². The van der Waals surface area contributed by atoms with E-state index in [1.807, 2.05) is 24.3 Å². The van der Waals surface area contributed by atoms with Crippen LogP contribution >= 0.6 is 22.6 Å². The third kappa shape index (κ3) is 5.03. The highest BCUT2D eigenvalue weighted by molar-refractivity contribution is 14.1. The molecule has 184 valence electrons. The first-order valence-corrected chi connectivity index (χ1v) is 12.8. The number of nitrogens with zero attached hydrogens (tertiary/aromatic N) is 2. The van der Waals surface area contributed by atoms with Gasteiger partial charge in [0.1, 0.15) is 19.0 Å². The minimum absolute atomic E-state index is 0.0965. The molecule has 1 atom stereocenters. The van der Waals surface area contributed by atoms with E-state index in [-0.39, 0.29) is 11.3 Å². The summed E-state index contributed by atoms with van der Waals surface area (Å²) in [5.74, 6) is -0.377. The topological polar surface area (TPSA) is 88.5 Å². The highest BCUT2D eigenvalue weighted by atomic mass is 127. The van der Waals surface area contributed by atoms with Gasteiger partial charge in [-0.1, -0.05) is 12.1 Å². The number of hydrogen-bond donors (Lipinski definition) is 1. The largest absolute Gasteiger partial charge is 0.507 e. The Morgan fingerprint density at radius 2 is 1.66 bits per heavy atom. The van der Waals surface area contributed by atoms with Crippen LogP contribution < -0.4 is 9.47 Å². The summed E-state index contributed by atoms with van der Waals surface area (Å²) in [6.07, 6.45) is 0.720. The van der Waals surface area contributed by atoms with Gasteiger partial charge in [-0.2, -0.15) is 0 Å². The van der Waals surface area contributed by atoms with E-state index in [1.54, 1.807) is 23.1 Å². The van der Waals surface area contributed by atoms with E-state index in [4.69, 9.17) is 14.2 Å². The normalized spacial score (nSPS) is 22.0. The van der Waals surface area contributed by atoms with Crippen molar-refractivity contribution in [1.29, 1.82) is 0 Å². The molecule has 0 spiro atoms. The number of ether oxygens (including phenoxy) is 3. The Morgan fingerprint density at radius 1 is 0.943 bits per heavy atom. The number of rotatable bonds is 6. The van der Waals surface area contributed by atoms with Crippen molar-refractivity contribution in [2.45, 2.75) is 12.5 Å². The molecule has 0 aromatic heterocycles. The van der Waals surface area contributed by atoms with Gasteiger partial charge in [0.25, 0.3) is 11.7 Å². The maximum Gasteiger partial charge on any atom is 0.295 e. The summed E-state index contributed by atoms with van der Waals surface area (Å²) in [4.78, 5) is 30.3. The quantitative estimate of drug-likeness (QED) is 0.239. The zero-order valence-corrected chi connectivity index (χ0v) is 21.4. The fourth-order valence-electron chi connectivity index (χ4n) is 4.74. The summed E-state index contributed by atoms with van der Waals surface area (Å²) in [5.41, 5.74) is 1.30. The van der Waals surface area contributed by atoms with E-state index in [2.05, 4.69) is 27.5 Å². The summed E-state index contributed by atoms with van der Waals surface area (Å²) in [5, 5.41) is 11.3. The second kappa shape index (κ2) is 10.5. The molecule has 1 N–H and O–H groups in total. The smallest absolute Gasteiger partial charge is 0.295 e. The SMILES string of the molecule is O=C1C(=O)N(CCCN2CCOCC2)C(c2ccc(I)cc2)/C1=C(\O)c1ccc2c(c1)OCCO2. The lowest BCUT2D eigenvalue weighted by Crippen LogP contribution is -2.38. The van der Waals surface area contributed by atoms with Crippen LogP contribution in [0.4, 0.5) is 0 Å². The predicted octanol–water partition coefficient (Wildman–Crippen LogP) is 3.21. The van der Waals surface area contributed by atoms with E-state index in [0.29, 0.717) is 50.0 Å². The summed E-state index contributed by atoms with van der Waals surface area (Å²) in [6, 6.07) is 12.1. The Labute approximate surface area is 217 Å². The summed E-state index contributed by atoms with van der Waals surface area (Å²) >= 11 is 2.22. The van der Waals surface area contributed by atoms with Crippen molar-refractivity contribution in [3.63, 3.8) is 0 Å². The minimum atomic E-state index is -0.674. The Hall–Kier alpha value is -2.63. The lowest BCUT2D eigenvalue weighted by atomic mass is 9.95. The van der Waals surface area contributed by atoms with Crippen LogP contribution in [-0.4, -0.2) is 79.2 Å². The second-order valence-electron chi connectivity index (χ2n) is 8.71. The lowest BCUT2D eigenvalue weighted by molar-refractivity contribution is -0.140. The van der Waals surface area contributed by atoms with Gasteiger partial charge in [0.2, 0.25) is 0 Å². The van der Waals surface area contributed by atoms with Crippen molar-refractivity contribution in [1.82, 2.24) is 9.80 Å². The third-order valence-corrected chi connectivity index (χ3v) is 7.24. The number of carbonyl (C=O) groups excluding carboxylic acids is 2. The van der Waals surface area contributed by atoms with Crippen LogP contribution in [0.1, 0.15) is 23.6 Å². The molecule has 0 aliphatic carbocycles. The first-order valence-electron chi connectivity index (χ1n) is 11.8. The van der Waals surface area contributed by atoms with Crippen molar-refractivity contribution >= 4 is 40.0 Å². The van der Waals surface area contributed by atoms with E-state index in [9.17, 15) is 14.7 Å². The number of halogens is 1. The zero-order chi connectivity index (χ0) is 24.4. The molecule has 8 nitrogen and oxygen atoms in total. The number of Topliss-reactive ketones (excluding diaryl/α,β-unsaturated/α-hetero) is 1. The average molecular weight is 590 g/mol. The van der Waals surface area contributed by atoms with Crippen molar-refractivity contribution < 1.29 is 28.9 Å². The van der Waals surface area contributed by atoms with Crippen LogP contribution in [0.2, 0.25) is 0 Å². The Morgan fingerprint density at radius 3 is 2.40 bits per heavy atom. The Balaban J connectivity index is 1.48. The molecule has 9 heteroatoms. The minimum Gasteiger partial charge on any atom is -0.507 e. The van der Waals surface area contributed by atoms with E-state index in [0.717, 1.165) is 35.2 Å². The number of hydrogen-bond acceptors (Lipinski definition) is 7. The lowest BCUT2D eigenvalue weighted by Gasteiger charge is -2.29. The molecule has 3 aliphatic rings. The highest BCUT2D eigenvalue weighted by Gasteiger charge is 2.45. The maximum absolute atomic E-state index is 13.2. The number of ketones is 1. The van der Waals surface area contributed by atoms with Crippen molar-refractivity contribution in [3.8, 4) is 11.5 Å². The van der Waals surface area contributed by atoms with Crippen LogP contribution in [0.5, 0.6) is 11.5 Å². The number of likely N-dealkylation sites (tertiary alicyclic amines) is 1. The Kier molecular flexibility index (Phi) is 7.26. The number of amides is 1. The van der Waals surface area contributed by atoms with Crippen LogP contribution in [-0.2, 0) is 14.3 Å². The second-order valence-corrected chi connectivity index (χ2v) is 9.96. The molecule has 3 heterocycles. The van der Waals surface area contributed by atoms with Gasteiger partial charge in [-0.05, 0) is 64.9 Å². The first kappa shape index (κ1) is 24.1. The van der Waals surface area contributed by atoms with Gasteiger partial charge in [0.15, 0.2) is 11.5 Å². The number of aliphatic hydroxyl groups excluding tert-OH is 1. The van der Waals surface area contributed by atoms with Crippen molar-refractivity contribution in [2.75, 3.05) is 52.6 Å². The van der Waals surface area contributed by atoms with Crippen LogP contribution in [0.25, 0.3) is 5.76 Å². The number of benzene rings is 2. The number of aliphatic hydroxyl groups is 1. The predicted molar refractivity (Wildman–Crippen MR) is 137 cm³/mol. The van der Waals surface area contributed by atoms with Gasteiger partial charge in [-0.25, -0.2) is 0 Å². The molecular formula is C26H27IN2O6. The molecule has 5 rings (SSSR count). The molecule has 0 saturated carbocycles. The van der Waals surface area contributed by atoms with Gasteiger partial charge in [-0.3, -0.25) is 14.5 Å². The molecule has 1 unspecified atom stereocenters. The number of morpholine rings is 1. The van der Waals surface area contributed by atoms with Crippen LogP contribution in [0.15, 0.2) is 48.0 Å². The fraction of sp³-hybridized carbons (Fsp3) is 0.385. The molecule has 35 heavy (non-hydrogen) atoms. The molecule has 2 saturated heterocycles. The first-order chi connectivity index (χ1) is 17.0. The zero-order valence-electron chi connectivity index (χ0n) is 19.2. The number of fused-ring (bicyclic) bond motifs is 1. The summed E-state index contributed by atoms with van der Waals surface area (Å²) in [6.45, 7) is 5.25. The molecule has 2 aromatic carbocycles. The average Bonchev–Trinajstić information content (AvgIpc) is 3.14. The molecular weight excluding hydrogens is 563 g/mol. The fourth-order valence-corrected chi connectivity index (χ4v) is 5.10. The van der Waals surface area contributed by atoms with Gasteiger partial charge >= 0.3 is 0 Å². The third-order valence-electron chi connectivity index (χ3n) is 6.52. The molecule has 2 fully saturated rings. The van der Waals surface area contributed by atoms with Gasteiger partial charge in [0, 0.05) is 35.3 Å². The van der Waals surface area contributed by atoms with Gasteiger partial charge in [-0.15, -0.1) is 0 Å². The van der Waals surface area contributed by atoms with E-state index < -0.39 is 17.7 Å². The van der Waals surface area contributed by atoms with E-state index in [1.165, 1.54) is 0 Å². The molecule has 0 radical (unpaired) electrons. The van der Waals surface area contributed by atoms with Gasteiger partial charge in [0.05, 0.1) is 24.8 Å². The van der Waals surface area contributed by atoms with Crippen LogP contribution in [0.3, 0.4) is 0 Å². The molecule has 1 amide bonds. The standard InChI is InChI=1S/C26H27IN2O6/c27-19-5-2-17(3-6-19)23-22(24(30)18-4-7-20-21(16-18)35-15-14-34-20)25(31)26(32)29(23)9-1-8-28-10-12-33-13-11-28/h2-7,16,23,30H,1,8-15H2/b24-22+. The monoisotopic (exact) mass is 590 g/mol. The maximum atomic E-state index is 13.2. The summed E-state index contributed by atoms with van der Waals surface area (Å²) in [7, 11) is 0. The molecule has 2 aromatic rings. The Bertz CT molecular complexity index is 1140. The van der Waals surface area contributed by atoms with Crippen molar-refractivity contribution in [3.05, 3.63) is 62.7 Å². The van der Waals surface area contributed by atoms with Crippen molar-refractivity contribution in [2.24, 2.45) is 0 Å². The molecule has 3 aliphatic heterocycles. The highest BCUT2D eigenvalue weighted by Crippen LogP contribution is 2.41. The summed E-state index contributed by atoms with van der Waals surface area (Å²) < 4.78 is 17.7. The van der Waals surface area contributed by atoms with E-state index >= 15 is 0 Å².